The lowest BCUT2D eigenvalue weighted by Crippen LogP contribution is -2.21. The molecule has 2 N–H and O–H groups in total. The number of thiophene rings is 1. The third kappa shape index (κ3) is 3.44. The Morgan fingerprint density at radius 1 is 1.20 bits per heavy atom. The Morgan fingerprint density at radius 2 is 2.03 bits per heavy atom. The highest BCUT2D eigenvalue weighted by Crippen LogP contribution is 2.28. The molecule has 0 spiro atoms. The van der Waals surface area contributed by atoms with Crippen LogP contribution in [-0.4, -0.2) is 25.7 Å². The van der Waals surface area contributed by atoms with Crippen LogP contribution in [0.15, 0.2) is 52.6 Å². The largest absolute Gasteiger partial charge is 0.306 e. The summed E-state index contributed by atoms with van der Waals surface area (Å²) < 4.78 is 1.48. The van der Waals surface area contributed by atoms with Gasteiger partial charge in [-0.2, -0.15) is 9.78 Å². The summed E-state index contributed by atoms with van der Waals surface area (Å²) >= 11 is 7.45. The van der Waals surface area contributed by atoms with E-state index in [0.717, 1.165) is 35.4 Å². The molecule has 0 fully saturated rings. The average molecular weight is 438 g/mol. The van der Waals surface area contributed by atoms with Crippen molar-refractivity contribution in [3.8, 4) is 16.5 Å². The highest BCUT2D eigenvalue weighted by atomic mass is 35.5. The number of rotatable bonds is 4. The number of amides is 1. The number of halogens is 1. The second-order valence-corrected chi connectivity index (χ2v) is 8.32. The fourth-order valence-corrected chi connectivity index (χ4v) is 4.30. The summed E-state index contributed by atoms with van der Waals surface area (Å²) in [6.45, 7) is 0. The SMILES string of the molecule is O=C(Nc1cc(-c2cccs2)nn1-c1nc2c(c(=O)[nH]1)CCC2)c1ccc(Cl)cc1. The number of H-pyrrole nitrogens is 1. The predicted molar refractivity (Wildman–Crippen MR) is 117 cm³/mol. The molecule has 30 heavy (non-hydrogen) atoms. The average Bonchev–Trinajstić information content (AvgIpc) is 3.48. The first-order valence-corrected chi connectivity index (χ1v) is 10.7. The third-order valence-electron chi connectivity index (χ3n) is 4.96. The second-order valence-electron chi connectivity index (χ2n) is 6.93. The van der Waals surface area contributed by atoms with Gasteiger partial charge in [-0.3, -0.25) is 14.6 Å². The van der Waals surface area contributed by atoms with Crippen LogP contribution in [0.5, 0.6) is 0 Å². The molecular weight excluding hydrogens is 422 g/mol. The molecule has 0 radical (unpaired) electrons. The second kappa shape index (κ2) is 7.55. The molecule has 1 aliphatic carbocycles. The summed E-state index contributed by atoms with van der Waals surface area (Å²) in [6.07, 6.45) is 2.41. The molecule has 1 amide bonds. The van der Waals surface area contributed by atoms with Crippen LogP contribution < -0.4 is 10.9 Å². The maximum absolute atomic E-state index is 12.8. The summed E-state index contributed by atoms with van der Waals surface area (Å²) in [6, 6.07) is 12.3. The number of hydrogen-bond donors (Lipinski definition) is 2. The van der Waals surface area contributed by atoms with Crippen LogP contribution in [-0.2, 0) is 12.8 Å². The van der Waals surface area contributed by atoms with Crippen molar-refractivity contribution >= 4 is 34.7 Å². The van der Waals surface area contributed by atoms with Crippen molar-refractivity contribution in [1.82, 2.24) is 19.7 Å². The van der Waals surface area contributed by atoms with Crippen molar-refractivity contribution in [2.75, 3.05) is 5.32 Å². The van der Waals surface area contributed by atoms with Crippen molar-refractivity contribution in [1.29, 1.82) is 0 Å². The molecule has 150 valence electrons. The summed E-state index contributed by atoms with van der Waals surface area (Å²) in [5.41, 5.74) is 2.50. The molecule has 0 bridgehead atoms. The number of anilines is 1. The zero-order valence-electron chi connectivity index (χ0n) is 15.7. The van der Waals surface area contributed by atoms with Crippen molar-refractivity contribution in [3.05, 3.63) is 80.0 Å². The molecule has 0 aliphatic heterocycles. The van der Waals surface area contributed by atoms with Crippen LogP contribution in [0.3, 0.4) is 0 Å². The van der Waals surface area contributed by atoms with Gasteiger partial charge in [0, 0.05) is 22.2 Å². The molecule has 5 rings (SSSR count). The van der Waals surface area contributed by atoms with Crippen molar-refractivity contribution in [2.24, 2.45) is 0 Å². The number of aromatic nitrogens is 4. The first kappa shape index (κ1) is 18.8. The van der Waals surface area contributed by atoms with Crippen LogP contribution in [0, 0.1) is 0 Å². The fourth-order valence-electron chi connectivity index (χ4n) is 3.49. The van der Waals surface area contributed by atoms with Crippen molar-refractivity contribution in [3.63, 3.8) is 0 Å². The van der Waals surface area contributed by atoms with Gasteiger partial charge < -0.3 is 5.32 Å². The van der Waals surface area contributed by atoms with E-state index in [1.807, 2.05) is 17.5 Å². The fraction of sp³-hybridized carbons (Fsp3) is 0.143. The maximum atomic E-state index is 12.8. The van der Waals surface area contributed by atoms with E-state index >= 15 is 0 Å². The lowest BCUT2D eigenvalue weighted by atomic mass is 10.2. The molecule has 0 atom stereocenters. The number of carbonyl (C=O) groups excluding carboxylic acids is 1. The van der Waals surface area contributed by atoms with Crippen LogP contribution in [0.25, 0.3) is 16.5 Å². The number of carbonyl (C=O) groups is 1. The van der Waals surface area contributed by atoms with Gasteiger partial charge in [-0.05, 0) is 55.0 Å². The molecule has 4 aromatic rings. The molecule has 0 saturated carbocycles. The Morgan fingerprint density at radius 3 is 2.80 bits per heavy atom. The Balaban J connectivity index is 1.58. The zero-order valence-corrected chi connectivity index (χ0v) is 17.3. The van der Waals surface area contributed by atoms with Crippen LogP contribution in [0.1, 0.15) is 28.0 Å². The molecule has 0 saturated heterocycles. The Labute approximate surface area is 180 Å². The smallest absolute Gasteiger partial charge is 0.256 e. The van der Waals surface area contributed by atoms with E-state index in [2.05, 4.69) is 20.4 Å². The van der Waals surface area contributed by atoms with E-state index in [0.29, 0.717) is 22.1 Å². The summed E-state index contributed by atoms with van der Waals surface area (Å²) in [4.78, 5) is 33.6. The molecule has 0 unspecified atom stereocenters. The molecule has 1 aromatic carbocycles. The van der Waals surface area contributed by atoms with E-state index < -0.39 is 0 Å². The monoisotopic (exact) mass is 437 g/mol. The Bertz CT molecular complexity index is 1290. The first-order chi connectivity index (χ1) is 14.6. The molecule has 3 heterocycles. The minimum absolute atomic E-state index is 0.157. The van der Waals surface area contributed by atoms with Gasteiger partial charge in [-0.15, -0.1) is 11.3 Å². The summed E-state index contributed by atoms with van der Waals surface area (Å²) in [5, 5.41) is 9.99. The highest BCUT2D eigenvalue weighted by Gasteiger charge is 2.21. The molecule has 9 heteroatoms. The predicted octanol–water partition coefficient (Wildman–Crippen LogP) is 4.08. The highest BCUT2D eigenvalue weighted by molar-refractivity contribution is 7.13. The molecule has 1 aliphatic rings. The van der Waals surface area contributed by atoms with Crippen LogP contribution in [0.2, 0.25) is 5.02 Å². The van der Waals surface area contributed by atoms with Gasteiger partial charge in [-0.1, -0.05) is 17.7 Å². The third-order valence-corrected chi connectivity index (χ3v) is 6.10. The van der Waals surface area contributed by atoms with Gasteiger partial charge >= 0.3 is 0 Å². The summed E-state index contributed by atoms with van der Waals surface area (Å²) in [7, 11) is 0. The minimum Gasteiger partial charge on any atom is -0.306 e. The molecule has 7 nitrogen and oxygen atoms in total. The number of fused-ring (bicyclic) bond motifs is 1. The van der Waals surface area contributed by atoms with Gasteiger partial charge in [0.1, 0.15) is 11.5 Å². The molecule has 3 aromatic heterocycles. The number of aromatic amines is 1. The number of benzene rings is 1. The normalized spacial score (nSPS) is 12.7. The quantitative estimate of drug-likeness (QED) is 0.503. The topological polar surface area (TPSA) is 92.7 Å². The number of nitrogens with one attached hydrogen (secondary N) is 2. The number of aryl methyl sites for hydroxylation is 1. The summed E-state index contributed by atoms with van der Waals surface area (Å²) in [5.74, 6) is 0.392. The van der Waals surface area contributed by atoms with E-state index in [-0.39, 0.29) is 17.4 Å². The first-order valence-electron chi connectivity index (χ1n) is 9.42. The van der Waals surface area contributed by atoms with Gasteiger partial charge in [-0.25, -0.2) is 4.98 Å². The Hall–Kier alpha value is -3.23. The van der Waals surface area contributed by atoms with Gasteiger partial charge in [0.2, 0.25) is 5.95 Å². The van der Waals surface area contributed by atoms with E-state index in [9.17, 15) is 9.59 Å². The lowest BCUT2D eigenvalue weighted by molar-refractivity contribution is 0.102. The van der Waals surface area contributed by atoms with Gasteiger partial charge in [0.15, 0.2) is 0 Å². The minimum atomic E-state index is -0.311. The maximum Gasteiger partial charge on any atom is 0.256 e. The van der Waals surface area contributed by atoms with Gasteiger partial charge in [0.25, 0.3) is 11.5 Å². The molecular formula is C21H16ClN5O2S. The standard InChI is InChI=1S/C21H16ClN5O2S/c22-13-8-6-12(7-9-13)19(28)24-18-11-16(17-5-2-10-30-17)26-27(18)21-23-15-4-1-3-14(15)20(29)25-21/h2,5-11H,1,3-4H2,(H,24,28)(H,23,25,29). The number of hydrogen-bond acceptors (Lipinski definition) is 5. The Kier molecular flexibility index (Phi) is 4.72. The van der Waals surface area contributed by atoms with Crippen molar-refractivity contribution < 1.29 is 4.79 Å². The van der Waals surface area contributed by atoms with Gasteiger partial charge in [0.05, 0.1) is 10.6 Å². The van der Waals surface area contributed by atoms with E-state index in [1.54, 1.807) is 30.3 Å². The van der Waals surface area contributed by atoms with Crippen LogP contribution in [0.4, 0.5) is 5.82 Å². The van der Waals surface area contributed by atoms with E-state index in [4.69, 9.17) is 11.6 Å². The van der Waals surface area contributed by atoms with E-state index in [1.165, 1.54) is 16.0 Å². The van der Waals surface area contributed by atoms with Crippen molar-refractivity contribution in [2.45, 2.75) is 19.3 Å². The zero-order chi connectivity index (χ0) is 20.7. The van der Waals surface area contributed by atoms with Crippen LogP contribution >= 0.6 is 22.9 Å². The lowest BCUT2D eigenvalue weighted by Gasteiger charge is -2.09. The number of nitrogens with zero attached hydrogens (tertiary/aromatic N) is 3.